The fourth-order valence-corrected chi connectivity index (χ4v) is 2.29. The third-order valence-electron chi connectivity index (χ3n) is 3.33. The van der Waals surface area contributed by atoms with Gasteiger partial charge in [-0.1, -0.05) is 0 Å². The Morgan fingerprint density at radius 3 is 2.58 bits per heavy atom. The normalized spacial score (nSPS) is 12.5. The molecule has 0 aliphatic heterocycles. The van der Waals surface area contributed by atoms with Gasteiger partial charge in [-0.3, -0.25) is 4.98 Å². The first kappa shape index (κ1) is 13.6. The quantitative estimate of drug-likeness (QED) is 0.917. The first-order valence-corrected chi connectivity index (χ1v) is 6.44. The van der Waals surface area contributed by atoms with Gasteiger partial charge in [0.25, 0.3) is 0 Å². The molecule has 2 heterocycles. The second kappa shape index (κ2) is 5.45. The van der Waals surface area contributed by atoms with Crippen LogP contribution in [0, 0.1) is 20.8 Å². The Balaban J connectivity index is 2.38. The molecule has 0 bridgehead atoms. The van der Waals surface area contributed by atoms with Crippen LogP contribution in [0.5, 0.6) is 5.75 Å². The molecule has 1 atom stereocenters. The van der Waals surface area contributed by atoms with Crippen LogP contribution in [0.2, 0.25) is 0 Å². The van der Waals surface area contributed by atoms with Gasteiger partial charge in [0.05, 0.1) is 18.8 Å². The van der Waals surface area contributed by atoms with E-state index < -0.39 is 0 Å². The predicted molar refractivity (Wildman–Crippen MR) is 74.4 cm³/mol. The summed E-state index contributed by atoms with van der Waals surface area (Å²) in [6.07, 6.45) is 3.47. The van der Waals surface area contributed by atoms with Crippen LogP contribution in [-0.2, 0) is 0 Å². The summed E-state index contributed by atoms with van der Waals surface area (Å²) in [4.78, 5) is 4.18. The zero-order chi connectivity index (χ0) is 14.0. The zero-order valence-corrected chi connectivity index (χ0v) is 11.9. The van der Waals surface area contributed by atoms with E-state index in [0.29, 0.717) is 6.61 Å². The van der Waals surface area contributed by atoms with E-state index in [0.717, 1.165) is 34.0 Å². The SMILES string of the molecule is CCOc1cncc(C(N)c2c(C)oc(C)c2C)c1. The Morgan fingerprint density at radius 1 is 1.26 bits per heavy atom. The molecule has 0 amide bonds. The average molecular weight is 260 g/mol. The van der Waals surface area contributed by atoms with Gasteiger partial charge in [0.2, 0.25) is 0 Å². The van der Waals surface area contributed by atoms with Crippen LogP contribution < -0.4 is 10.5 Å². The van der Waals surface area contributed by atoms with Crippen molar-refractivity contribution in [2.75, 3.05) is 6.61 Å². The molecule has 0 saturated heterocycles. The van der Waals surface area contributed by atoms with E-state index in [1.54, 1.807) is 12.4 Å². The van der Waals surface area contributed by atoms with Crippen molar-refractivity contribution < 1.29 is 9.15 Å². The zero-order valence-electron chi connectivity index (χ0n) is 11.9. The molecule has 2 aromatic heterocycles. The summed E-state index contributed by atoms with van der Waals surface area (Å²) in [6.45, 7) is 8.48. The summed E-state index contributed by atoms with van der Waals surface area (Å²) in [5.74, 6) is 2.52. The minimum atomic E-state index is -0.245. The first-order valence-electron chi connectivity index (χ1n) is 6.44. The number of pyridine rings is 1. The first-order chi connectivity index (χ1) is 9.04. The summed E-state index contributed by atoms with van der Waals surface area (Å²) in [6, 6.07) is 1.69. The Labute approximate surface area is 113 Å². The molecule has 4 heteroatoms. The van der Waals surface area contributed by atoms with Gasteiger partial charge < -0.3 is 14.9 Å². The van der Waals surface area contributed by atoms with Crippen molar-refractivity contribution in [3.63, 3.8) is 0 Å². The van der Waals surface area contributed by atoms with E-state index in [1.807, 2.05) is 33.8 Å². The highest BCUT2D eigenvalue weighted by atomic mass is 16.5. The van der Waals surface area contributed by atoms with Crippen molar-refractivity contribution in [2.24, 2.45) is 5.73 Å². The van der Waals surface area contributed by atoms with Gasteiger partial charge in [-0.25, -0.2) is 0 Å². The van der Waals surface area contributed by atoms with Gasteiger partial charge in [0, 0.05) is 11.8 Å². The number of aryl methyl sites for hydroxylation is 2. The van der Waals surface area contributed by atoms with Crippen LogP contribution >= 0.6 is 0 Å². The maximum atomic E-state index is 6.34. The molecule has 102 valence electrons. The molecule has 4 nitrogen and oxygen atoms in total. The molecule has 0 saturated carbocycles. The average Bonchev–Trinajstić information content (AvgIpc) is 2.63. The lowest BCUT2D eigenvalue weighted by Gasteiger charge is -2.13. The number of nitrogens with zero attached hydrogens (tertiary/aromatic N) is 1. The maximum Gasteiger partial charge on any atom is 0.137 e. The topological polar surface area (TPSA) is 61.3 Å². The molecule has 1 unspecified atom stereocenters. The Kier molecular flexibility index (Phi) is 3.90. The highest BCUT2D eigenvalue weighted by Crippen LogP contribution is 2.30. The van der Waals surface area contributed by atoms with E-state index in [4.69, 9.17) is 14.9 Å². The minimum Gasteiger partial charge on any atom is -0.492 e. The van der Waals surface area contributed by atoms with Crippen LogP contribution in [0.3, 0.4) is 0 Å². The van der Waals surface area contributed by atoms with Crippen LogP contribution in [0.1, 0.15) is 41.2 Å². The maximum absolute atomic E-state index is 6.34. The van der Waals surface area contributed by atoms with Gasteiger partial charge in [0.15, 0.2) is 0 Å². The molecule has 0 spiro atoms. The molecule has 2 N–H and O–H groups in total. The number of hydrogen-bond acceptors (Lipinski definition) is 4. The summed E-state index contributed by atoms with van der Waals surface area (Å²) in [7, 11) is 0. The third-order valence-corrected chi connectivity index (χ3v) is 3.33. The van der Waals surface area contributed by atoms with Crippen molar-refractivity contribution >= 4 is 0 Å². The fourth-order valence-electron chi connectivity index (χ4n) is 2.29. The molecule has 0 aliphatic carbocycles. The monoisotopic (exact) mass is 260 g/mol. The van der Waals surface area contributed by atoms with E-state index >= 15 is 0 Å². The van der Waals surface area contributed by atoms with Crippen molar-refractivity contribution in [3.05, 3.63) is 46.7 Å². The van der Waals surface area contributed by atoms with Crippen molar-refractivity contribution in [2.45, 2.75) is 33.7 Å². The summed E-state index contributed by atoms with van der Waals surface area (Å²) >= 11 is 0. The second-order valence-electron chi connectivity index (χ2n) is 4.62. The standard InChI is InChI=1S/C15H20N2O2/c1-5-18-13-6-12(7-17-8-13)15(16)14-9(2)10(3)19-11(14)4/h6-8,15H,5,16H2,1-4H3. The van der Waals surface area contributed by atoms with Gasteiger partial charge in [-0.15, -0.1) is 0 Å². The van der Waals surface area contributed by atoms with Crippen molar-refractivity contribution in [1.82, 2.24) is 4.98 Å². The largest absolute Gasteiger partial charge is 0.492 e. The highest BCUT2D eigenvalue weighted by molar-refractivity contribution is 5.41. The smallest absolute Gasteiger partial charge is 0.137 e. The molecular weight excluding hydrogens is 240 g/mol. The van der Waals surface area contributed by atoms with Crippen LogP contribution in [0.25, 0.3) is 0 Å². The summed E-state index contributed by atoms with van der Waals surface area (Å²) < 4.78 is 11.1. The lowest BCUT2D eigenvalue weighted by atomic mass is 9.97. The van der Waals surface area contributed by atoms with E-state index in [9.17, 15) is 0 Å². The van der Waals surface area contributed by atoms with Crippen LogP contribution in [0.15, 0.2) is 22.9 Å². The van der Waals surface area contributed by atoms with Gasteiger partial charge >= 0.3 is 0 Å². The Morgan fingerprint density at radius 2 is 2.00 bits per heavy atom. The lowest BCUT2D eigenvalue weighted by molar-refractivity contribution is 0.338. The van der Waals surface area contributed by atoms with Crippen LogP contribution in [0.4, 0.5) is 0 Å². The van der Waals surface area contributed by atoms with Gasteiger partial charge in [0.1, 0.15) is 17.3 Å². The number of nitrogens with two attached hydrogens (primary N) is 1. The van der Waals surface area contributed by atoms with Crippen molar-refractivity contribution in [3.8, 4) is 5.75 Å². The van der Waals surface area contributed by atoms with Gasteiger partial charge in [-0.2, -0.15) is 0 Å². The van der Waals surface area contributed by atoms with E-state index in [1.165, 1.54) is 0 Å². The predicted octanol–water partition coefficient (Wildman–Crippen LogP) is 3.05. The molecule has 0 aromatic carbocycles. The molecule has 0 fully saturated rings. The van der Waals surface area contributed by atoms with E-state index in [-0.39, 0.29) is 6.04 Å². The molecule has 2 aromatic rings. The Bertz CT molecular complexity index is 576. The minimum absolute atomic E-state index is 0.245. The summed E-state index contributed by atoms with van der Waals surface area (Å²) in [5, 5.41) is 0. The van der Waals surface area contributed by atoms with Crippen LogP contribution in [-0.4, -0.2) is 11.6 Å². The highest BCUT2D eigenvalue weighted by Gasteiger charge is 2.20. The Hall–Kier alpha value is -1.81. The second-order valence-corrected chi connectivity index (χ2v) is 4.62. The molecule has 0 aliphatic rings. The van der Waals surface area contributed by atoms with E-state index in [2.05, 4.69) is 4.98 Å². The molecule has 2 rings (SSSR count). The number of ether oxygens (including phenoxy) is 1. The number of rotatable bonds is 4. The lowest BCUT2D eigenvalue weighted by Crippen LogP contribution is -2.14. The number of hydrogen-bond donors (Lipinski definition) is 1. The molecular formula is C15H20N2O2. The molecule has 19 heavy (non-hydrogen) atoms. The van der Waals surface area contributed by atoms with Gasteiger partial charge in [-0.05, 0) is 44.9 Å². The summed E-state index contributed by atoms with van der Waals surface area (Å²) in [5.41, 5.74) is 9.41. The molecule has 0 radical (unpaired) electrons. The third kappa shape index (κ3) is 2.63. The van der Waals surface area contributed by atoms with Crippen molar-refractivity contribution in [1.29, 1.82) is 0 Å². The number of aromatic nitrogens is 1. The number of furan rings is 1. The fraction of sp³-hybridized carbons (Fsp3) is 0.400.